The van der Waals surface area contributed by atoms with E-state index in [0.717, 1.165) is 25.0 Å². The molecule has 0 atom stereocenters. The van der Waals surface area contributed by atoms with Gasteiger partial charge in [-0.15, -0.1) is 0 Å². The van der Waals surface area contributed by atoms with Gasteiger partial charge in [0.05, 0.1) is 6.61 Å². The summed E-state index contributed by atoms with van der Waals surface area (Å²) in [6.07, 6.45) is 3.07. The van der Waals surface area contributed by atoms with Gasteiger partial charge in [0, 0.05) is 0 Å². The van der Waals surface area contributed by atoms with E-state index >= 15 is 0 Å². The highest BCUT2D eigenvalue weighted by atomic mass is 16.5. The van der Waals surface area contributed by atoms with Crippen molar-refractivity contribution in [2.75, 3.05) is 13.2 Å². The van der Waals surface area contributed by atoms with Gasteiger partial charge in [0.15, 0.2) is 0 Å². The summed E-state index contributed by atoms with van der Waals surface area (Å²) >= 11 is 0. The number of benzene rings is 1. The van der Waals surface area contributed by atoms with Crippen molar-refractivity contribution in [2.45, 2.75) is 33.1 Å². The van der Waals surface area contributed by atoms with Crippen LogP contribution in [0.5, 0.6) is 5.75 Å². The predicted molar refractivity (Wildman–Crippen MR) is 64.4 cm³/mol. The molecule has 0 aliphatic heterocycles. The van der Waals surface area contributed by atoms with E-state index in [0.29, 0.717) is 13.2 Å². The van der Waals surface area contributed by atoms with Crippen molar-refractivity contribution in [1.82, 2.24) is 0 Å². The Hall–Kier alpha value is -1.02. The molecule has 84 valence electrons. The smallest absolute Gasteiger partial charge is 0.119 e. The van der Waals surface area contributed by atoms with Crippen molar-refractivity contribution in [3.8, 4) is 5.75 Å². The molecule has 0 fully saturated rings. The van der Waals surface area contributed by atoms with Crippen LogP contribution in [0.15, 0.2) is 18.2 Å². The van der Waals surface area contributed by atoms with Gasteiger partial charge in [-0.1, -0.05) is 19.9 Å². The van der Waals surface area contributed by atoms with E-state index in [1.165, 1.54) is 11.1 Å². The summed E-state index contributed by atoms with van der Waals surface area (Å²) in [5.41, 5.74) is 8.23. The van der Waals surface area contributed by atoms with Crippen molar-refractivity contribution in [3.63, 3.8) is 0 Å². The third-order valence-electron chi connectivity index (χ3n) is 2.56. The lowest BCUT2D eigenvalue weighted by Crippen LogP contribution is -2.06. The standard InChI is InChI=1S/C13H21NO/c1-3-11-6-7-13(10-12(11)4-2)15-9-5-8-14/h6-7,10H,3-5,8-9,14H2,1-2H3. The minimum atomic E-state index is 0.688. The van der Waals surface area contributed by atoms with Crippen LogP contribution in [-0.2, 0) is 12.8 Å². The first-order valence-electron chi connectivity index (χ1n) is 5.76. The van der Waals surface area contributed by atoms with Gasteiger partial charge in [0.1, 0.15) is 5.75 Å². The number of nitrogens with two attached hydrogens (primary N) is 1. The summed E-state index contributed by atoms with van der Waals surface area (Å²) in [5.74, 6) is 0.970. The zero-order valence-electron chi connectivity index (χ0n) is 9.75. The minimum Gasteiger partial charge on any atom is -0.494 e. The molecular weight excluding hydrogens is 186 g/mol. The molecule has 0 aliphatic rings. The Morgan fingerprint density at radius 2 is 1.87 bits per heavy atom. The van der Waals surface area contributed by atoms with E-state index in [9.17, 15) is 0 Å². The fourth-order valence-corrected chi connectivity index (χ4v) is 1.64. The Bertz CT molecular complexity index is 297. The summed E-state index contributed by atoms with van der Waals surface area (Å²) < 4.78 is 5.61. The molecule has 0 saturated heterocycles. The summed E-state index contributed by atoms with van der Waals surface area (Å²) in [6.45, 7) is 5.76. The van der Waals surface area contributed by atoms with Crippen LogP contribution in [-0.4, -0.2) is 13.2 Å². The highest BCUT2D eigenvalue weighted by Gasteiger charge is 2.01. The maximum atomic E-state index is 5.61. The zero-order chi connectivity index (χ0) is 11.1. The maximum absolute atomic E-state index is 5.61. The highest BCUT2D eigenvalue weighted by Crippen LogP contribution is 2.19. The van der Waals surface area contributed by atoms with Gasteiger partial charge in [-0.2, -0.15) is 0 Å². The lowest BCUT2D eigenvalue weighted by molar-refractivity contribution is 0.313. The lowest BCUT2D eigenvalue weighted by Gasteiger charge is -2.10. The van der Waals surface area contributed by atoms with E-state index in [4.69, 9.17) is 10.5 Å². The van der Waals surface area contributed by atoms with E-state index in [1.54, 1.807) is 0 Å². The molecular formula is C13H21NO. The number of hydrogen-bond donors (Lipinski definition) is 1. The van der Waals surface area contributed by atoms with Crippen LogP contribution in [0.1, 0.15) is 31.4 Å². The molecule has 0 heterocycles. The molecule has 2 nitrogen and oxygen atoms in total. The maximum Gasteiger partial charge on any atom is 0.119 e. The van der Waals surface area contributed by atoms with Crippen LogP contribution in [0.3, 0.4) is 0 Å². The predicted octanol–water partition coefficient (Wildman–Crippen LogP) is 2.54. The second-order valence-corrected chi connectivity index (χ2v) is 3.63. The SMILES string of the molecule is CCc1ccc(OCCCN)cc1CC. The van der Waals surface area contributed by atoms with E-state index < -0.39 is 0 Å². The van der Waals surface area contributed by atoms with Crippen LogP contribution in [0, 0.1) is 0 Å². The molecule has 1 aromatic rings. The Labute approximate surface area is 92.4 Å². The second-order valence-electron chi connectivity index (χ2n) is 3.63. The number of aryl methyl sites for hydroxylation is 2. The second kappa shape index (κ2) is 6.46. The Morgan fingerprint density at radius 1 is 1.13 bits per heavy atom. The van der Waals surface area contributed by atoms with Gasteiger partial charge >= 0.3 is 0 Å². The van der Waals surface area contributed by atoms with Gasteiger partial charge in [-0.3, -0.25) is 0 Å². The Balaban J connectivity index is 2.66. The number of rotatable bonds is 6. The molecule has 0 aromatic heterocycles. The fraction of sp³-hybridized carbons (Fsp3) is 0.538. The van der Waals surface area contributed by atoms with Crippen LogP contribution < -0.4 is 10.5 Å². The first-order valence-corrected chi connectivity index (χ1v) is 5.76. The van der Waals surface area contributed by atoms with Gasteiger partial charge in [0.2, 0.25) is 0 Å². The minimum absolute atomic E-state index is 0.688. The summed E-state index contributed by atoms with van der Waals surface area (Å²) in [5, 5.41) is 0. The third-order valence-corrected chi connectivity index (χ3v) is 2.56. The van der Waals surface area contributed by atoms with Crippen molar-refractivity contribution in [2.24, 2.45) is 5.73 Å². The van der Waals surface area contributed by atoms with Gasteiger partial charge in [0.25, 0.3) is 0 Å². The van der Waals surface area contributed by atoms with Crippen LogP contribution in [0.2, 0.25) is 0 Å². The normalized spacial score (nSPS) is 10.3. The van der Waals surface area contributed by atoms with Crippen LogP contribution >= 0.6 is 0 Å². The summed E-state index contributed by atoms with van der Waals surface area (Å²) in [4.78, 5) is 0. The Kier molecular flexibility index (Phi) is 5.19. The van der Waals surface area contributed by atoms with E-state index in [2.05, 4.69) is 32.0 Å². The monoisotopic (exact) mass is 207 g/mol. The van der Waals surface area contributed by atoms with Gasteiger partial charge in [-0.05, 0) is 49.1 Å². The molecule has 0 radical (unpaired) electrons. The van der Waals surface area contributed by atoms with Crippen molar-refractivity contribution >= 4 is 0 Å². The molecule has 15 heavy (non-hydrogen) atoms. The molecule has 0 saturated carbocycles. The third kappa shape index (κ3) is 3.56. The molecule has 1 rings (SSSR count). The number of ether oxygens (including phenoxy) is 1. The molecule has 0 unspecified atom stereocenters. The molecule has 0 aliphatic carbocycles. The number of hydrogen-bond acceptors (Lipinski definition) is 2. The molecule has 2 N–H and O–H groups in total. The molecule has 0 amide bonds. The summed E-state index contributed by atoms with van der Waals surface area (Å²) in [6, 6.07) is 6.36. The van der Waals surface area contributed by atoms with Crippen molar-refractivity contribution in [3.05, 3.63) is 29.3 Å². The van der Waals surface area contributed by atoms with Gasteiger partial charge in [-0.25, -0.2) is 0 Å². The highest BCUT2D eigenvalue weighted by molar-refractivity contribution is 5.35. The quantitative estimate of drug-likeness (QED) is 0.727. The lowest BCUT2D eigenvalue weighted by atomic mass is 10.0. The molecule has 0 bridgehead atoms. The van der Waals surface area contributed by atoms with E-state index in [-0.39, 0.29) is 0 Å². The first-order chi connectivity index (χ1) is 7.31. The molecule has 0 spiro atoms. The summed E-state index contributed by atoms with van der Waals surface area (Å²) in [7, 11) is 0. The van der Waals surface area contributed by atoms with Crippen molar-refractivity contribution in [1.29, 1.82) is 0 Å². The molecule has 1 aromatic carbocycles. The zero-order valence-corrected chi connectivity index (χ0v) is 9.75. The average Bonchev–Trinajstić information content (AvgIpc) is 2.29. The fourth-order valence-electron chi connectivity index (χ4n) is 1.64. The topological polar surface area (TPSA) is 35.2 Å². The Morgan fingerprint density at radius 3 is 2.47 bits per heavy atom. The first kappa shape index (κ1) is 12.1. The van der Waals surface area contributed by atoms with Crippen molar-refractivity contribution < 1.29 is 4.74 Å². The van der Waals surface area contributed by atoms with Gasteiger partial charge < -0.3 is 10.5 Å². The molecule has 2 heteroatoms. The average molecular weight is 207 g/mol. The largest absolute Gasteiger partial charge is 0.494 e. The van der Waals surface area contributed by atoms with Crippen LogP contribution in [0.4, 0.5) is 0 Å². The van der Waals surface area contributed by atoms with Crippen LogP contribution in [0.25, 0.3) is 0 Å². The van der Waals surface area contributed by atoms with E-state index in [1.807, 2.05) is 0 Å².